The van der Waals surface area contributed by atoms with E-state index in [4.69, 9.17) is 9.72 Å². The smallest absolute Gasteiger partial charge is 0.214 e. The normalized spacial score (nSPS) is 21.0. The Hall–Kier alpha value is -1.40. The molecule has 0 atom stereocenters. The third-order valence-corrected chi connectivity index (χ3v) is 6.17. The number of methoxy groups -OCH3 is 1. The van der Waals surface area contributed by atoms with Crippen molar-refractivity contribution in [2.75, 3.05) is 38.2 Å². The number of aromatic nitrogens is 2. The lowest BCUT2D eigenvalue weighted by Crippen LogP contribution is -2.46. The second kappa shape index (κ2) is 6.61. The van der Waals surface area contributed by atoms with E-state index in [2.05, 4.69) is 14.8 Å². The van der Waals surface area contributed by atoms with Crippen molar-refractivity contribution in [3.05, 3.63) is 12.3 Å². The number of hydrogen-bond donors (Lipinski definition) is 0. The van der Waals surface area contributed by atoms with Gasteiger partial charge in [0.2, 0.25) is 5.88 Å². The largest absolute Gasteiger partial charge is 0.481 e. The lowest BCUT2D eigenvalue weighted by Gasteiger charge is -2.40. The highest BCUT2D eigenvalue weighted by atomic mass is 32.1. The first-order chi connectivity index (χ1) is 11.3. The molecule has 2 aliphatic heterocycles. The first-order valence-electron chi connectivity index (χ1n) is 8.63. The fourth-order valence-corrected chi connectivity index (χ4v) is 4.77. The van der Waals surface area contributed by atoms with Gasteiger partial charge < -0.3 is 14.5 Å². The lowest BCUT2D eigenvalue weighted by molar-refractivity contribution is 0.141. The molecule has 0 saturated carbocycles. The van der Waals surface area contributed by atoms with Crippen molar-refractivity contribution in [1.82, 2.24) is 14.9 Å². The molecule has 0 spiro atoms. The Kier molecular flexibility index (Phi) is 4.35. The Balaban J connectivity index is 1.43. The number of likely N-dealkylation sites (tertiary alicyclic amines) is 1. The summed E-state index contributed by atoms with van der Waals surface area (Å²) in [7, 11) is 1.65. The van der Waals surface area contributed by atoms with Crippen molar-refractivity contribution in [1.29, 1.82) is 0 Å². The number of piperidine rings is 2. The van der Waals surface area contributed by atoms with Crippen molar-refractivity contribution < 1.29 is 4.74 Å². The summed E-state index contributed by atoms with van der Waals surface area (Å²) in [5, 5.41) is 1.13. The molecular formula is C17H24N4OS. The maximum atomic E-state index is 5.21. The molecule has 2 aliphatic rings. The molecule has 4 heterocycles. The summed E-state index contributed by atoms with van der Waals surface area (Å²) in [6.45, 7) is 4.84. The maximum absolute atomic E-state index is 5.21. The molecule has 0 bridgehead atoms. The van der Waals surface area contributed by atoms with Crippen LogP contribution in [0.3, 0.4) is 0 Å². The van der Waals surface area contributed by atoms with Gasteiger partial charge >= 0.3 is 0 Å². The van der Waals surface area contributed by atoms with E-state index >= 15 is 0 Å². The molecule has 2 aromatic rings. The molecule has 6 heteroatoms. The van der Waals surface area contributed by atoms with Crippen LogP contribution in [0.1, 0.15) is 32.1 Å². The summed E-state index contributed by atoms with van der Waals surface area (Å²) >= 11 is 1.75. The number of hydrogen-bond acceptors (Lipinski definition) is 6. The first kappa shape index (κ1) is 15.1. The molecule has 0 amide bonds. The van der Waals surface area contributed by atoms with Gasteiger partial charge in [0.25, 0.3) is 0 Å². The van der Waals surface area contributed by atoms with Gasteiger partial charge in [0.1, 0.15) is 5.52 Å². The fraction of sp³-hybridized carbons (Fsp3) is 0.647. The molecule has 124 valence electrons. The average Bonchev–Trinajstić information content (AvgIpc) is 3.05. The predicted octanol–water partition coefficient (Wildman–Crippen LogP) is 3.15. The molecule has 0 N–H and O–H groups in total. The molecule has 0 aliphatic carbocycles. The minimum atomic E-state index is 0.663. The molecule has 0 aromatic carbocycles. The van der Waals surface area contributed by atoms with Crippen LogP contribution in [0.4, 0.5) is 5.13 Å². The van der Waals surface area contributed by atoms with Gasteiger partial charge in [-0.25, -0.2) is 9.97 Å². The second-order valence-corrected chi connectivity index (χ2v) is 7.51. The van der Waals surface area contributed by atoms with Crippen LogP contribution in [0, 0.1) is 0 Å². The molecule has 2 aromatic heterocycles. The molecule has 5 nitrogen and oxygen atoms in total. The molecule has 4 rings (SSSR count). The van der Waals surface area contributed by atoms with E-state index in [1.165, 1.54) is 45.2 Å². The standard InChI is InChI=1S/C17H24N4OS/c1-22-16-11-15-14(12-18-16)19-17(23-15)21-9-5-13(6-10-21)20-7-3-2-4-8-20/h11-13H,2-10H2,1H3. The number of pyridine rings is 1. The predicted molar refractivity (Wildman–Crippen MR) is 94.6 cm³/mol. The number of anilines is 1. The number of thiazole rings is 1. The van der Waals surface area contributed by atoms with Crippen LogP contribution in [0.5, 0.6) is 5.88 Å². The van der Waals surface area contributed by atoms with Crippen LogP contribution >= 0.6 is 11.3 Å². The van der Waals surface area contributed by atoms with Crippen LogP contribution in [0.15, 0.2) is 12.3 Å². The Bertz CT molecular complexity index is 660. The topological polar surface area (TPSA) is 41.5 Å². The minimum Gasteiger partial charge on any atom is -0.481 e. The summed E-state index contributed by atoms with van der Waals surface area (Å²) < 4.78 is 6.36. The van der Waals surface area contributed by atoms with E-state index in [0.29, 0.717) is 5.88 Å². The Morgan fingerprint density at radius 1 is 1.13 bits per heavy atom. The highest BCUT2D eigenvalue weighted by Crippen LogP contribution is 2.32. The van der Waals surface area contributed by atoms with Gasteiger partial charge in [-0.1, -0.05) is 17.8 Å². The van der Waals surface area contributed by atoms with Gasteiger partial charge in [0, 0.05) is 25.2 Å². The van der Waals surface area contributed by atoms with Crippen LogP contribution in [0.25, 0.3) is 10.2 Å². The third-order valence-electron chi connectivity index (χ3n) is 5.09. The molecule has 23 heavy (non-hydrogen) atoms. The molecule has 2 saturated heterocycles. The van der Waals surface area contributed by atoms with Gasteiger partial charge in [-0.05, 0) is 38.8 Å². The number of nitrogens with zero attached hydrogens (tertiary/aromatic N) is 4. The summed E-state index contributed by atoms with van der Waals surface area (Å²) in [4.78, 5) is 14.2. The van der Waals surface area contributed by atoms with Gasteiger partial charge in [-0.2, -0.15) is 0 Å². The zero-order chi connectivity index (χ0) is 15.6. The van der Waals surface area contributed by atoms with E-state index in [9.17, 15) is 0 Å². The van der Waals surface area contributed by atoms with Crippen molar-refractivity contribution >= 4 is 26.7 Å². The Morgan fingerprint density at radius 3 is 2.65 bits per heavy atom. The highest BCUT2D eigenvalue weighted by molar-refractivity contribution is 7.22. The molecule has 2 fully saturated rings. The second-order valence-electron chi connectivity index (χ2n) is 6.51. The zero-order valence-electron chi connectivity index (χ0n) is 13.7. The fourth-order valence-electron chi connectivity index (χ4n) is 3.75. The number of ether oxygens (including phenoxy) is 1. The van der Waals surface area contributed by atoms with Crippen LogP contribution in [-0.2, 0) is 0 Å². The SMILES string of the molecule is COc1cc2sc(N3CCC(N4CCCCC4)CC3)nc2cn1. The minimum absolute atomic E-state index is 0.663. The monoisotopic (exact) mass is 332 g/mol. The van der Waals surface area contributed by atoms with E-state index < -0.39 is 0 Å². The first-order valence-corrected chi connectivity index (χ1v) is 9.45. The van der Waals surface area contributed by atoms with Crippen molar-refractivity contribution in [2.24, 2.45) is 0 Å². The van der Waals surface area contributed by atoms with Crippen LogP contribution in [0.2, 0.25) is 0 Å². The van der Waals surface area contributed by atoms with E-state index in [1.807, 2.05) is 12.3 Å². The summed E-state index contributed by atoms with van der Waals surface area (Å²) in [5.74, 6) is 0.663. The van der Waals surface area contributed by atoms with Crippen molar-refractivity contribution in [3.63, 3.8) is 0 Å². The van der Waals surface area contributed by atoms with E-state index in [-0.39, 0.29) is 0 Å². The molecule has 0 radical (unpaired) electrons. The van der Waals surface area contributed by atoms with Gasteiger partial charge in [0.15, 0.2) is 5.13 Å². The highest BCUT2D eigenvalue weighted by Gasteiger charge is 2.26. The van der Waals surface area contributed by atoms with Gasteiger partial charge in [-0.3, -0.25) is 0 Å². The molecular weight excluding hydrogens is 308 g/mol. The number of fused-ring (bicyclic) bond motifs is 1. The van der Waals surface area contributed by atoms with Crippen LogP contribution in [-0.4, -0.2) is 54.2 Å². The third kappa shape index (κ3) is 3.15. The van der Waals surface area contributed by atoms with E-state index in [1.54, 1.807) is 18.4 Å². The number of rotatable bonds is 3. The van der Waals surface area contributed by atoms with Crippen molar-refractivity contribution in [2.45, 2.75) is 38.1 Å². The van der Waals surface area contributed by atoms with Gasteiger partial charge in [-0.15, -0.1) is 0 Å². The summed E-state index contributed by atoms with van der Waals surface area (Å²) in [6, 6.07) is 2.76. The quantitative estimate of drug-likeness (QED) is 0.864. The van der Waals surface area contributed by atoms with Gasteiger partial charge in [0.05, 0.1) is 18.0 Å². The van der Waals surface area contributed by atoms with Crippen LogP contribution < -0.4 is 9.64 Å². The van der Waals surface area contributed by atoms with Crippen molar-refractivity contribution in [3.8, 4) is 5.88 Å². The Labute approximate surface area is 141 Å². The van der Waals surface area contributed by atoms with E-state index in [0.717, 1.165) is 34.5 Å². The average molecular weight is 332 g/mol. The summed E-state index contributed by atoms with van der Waals surface area (Å²) in [6.07, 6.45) is 8.52. The molecule has 0 unspecified atom stereocenters. The maximum Gasteiger partial charge on any atom is 0.214 e. The Morgan fingerprint density at radius 2 is 1.91 bits per heavy atom. The lowest BCUT2D eigenvalue weighted by atomic mass is 10.0. The zero-order valence-corrected chi connectivity index (χ0v) is 14.5. The summed E-state index contributed by atoms with van der Waals surface area (Å²) in [5.41, 5.74) is 0.976.